The molecule has 0 aliphatic rings. The minimum atomic E-state index is 0. The molecule has 18 aromatic rings. The molecule has 0 fully saturated rings. The SMILES string of the molecule is Cc1c[c-]c(-c2cc(C)n[n-]2)cc1.Cc1cc(-c2ccccc2)cc(C)c1-c1c[c-]c(-n2cccn2)cc1.Cc1cc(-c2ccccc2)cc(C)c1-c1c[c-]c(-n2cccn2)cc1.Cc1cc(C)n(-c2[c-]cc(-c3c(C)cc(-c4ccccc4)cc3C)cc2)n1.[Pt].[Pt].[Pt].[c-]1ccccc1-c1cnc[n-]1.[c-]1ccccc1-c1ncc[n-]1. The second kappa shape index (κ2) is 41.7. The molecular weight excluding hydrogens is 1950 g/mol. The third-order valence-corrected chi connectivity index (χ3v) is 18.7. The Bertz CT molecular complexity index is 5610. The summed E-state index contributed by atoms with van der Waals surface area (Å²) in [6.45, 7) is 21.1. The third kappa shape index (κ3) is 22.5. The minimum absolute atomic E-state index is 0. The molecule has 0 amide bonds. The van der Waals surface area contributed by atoms with Crippen LogP contribution in [0.4, 0.5) is 0 Å². The fourth-order valence-corrected chi connectivity index (χ4v) is 13.5. The topological polar surface area (TPSA) is 134 Å². The van der Waals surface area contributed by atoms with Crippen molar-refractivity contribution in [2.45, 2.75) is 69.2 Å². The summed E-state index contributed by atoms with van der Waals surface area (Å²) in [5.41, 5.74) is 34.5. The number of benzene rings is 12. The Hall–Kier alpha value is -12.0. The van der Waals surface area contributed by atoms with Crippen LogP contribution in [-0.2, 0) is 63.2 Å². The standard InChI is InChI=1S/C25H23N2.2C23H19N2.C11H10N2.2C9H6N2.3Pt/c1-17-14-23(21-8-6-5-7-9-21)15-18(2)25(17)22-10-12-24(13-11-22)27-20(4)16-19(3)26-27;2*1-17-15-21(19-7-4-3-5-8-19)16-18(2)23(17)20-9-11-22(12-10-20)25-14-6-13-24-25;1-8-3-5-10(6-4-8)11-7-9(2)12-13-11;1-2-4-8(5-3-1)9-6-10-7-11-9;1-2-4-8(5-3-1)9-10-6-7-11-9;;;/h5-12,14-16H,1-4H3;2*3-11,13-16H,1-2H3;3-5,7H,1-2H3;2*1-4,6-7H;;;/q3*-1;3*-2;;;. The average molecular weight is 2040 g/mol. The van der Waals surface area contributed by atoms with E-state index >= 15 is 0 Å². The monoisotopic (exact) mass is 2040 g/mol. The molecule has 0 saturated carbocycles. The van der Waals surface area contributed by atoms with Crippen LogP contribution in [0.3, 0.4) is 0 Å². The van der Waals surface area contributed by atoms with E-state index in [4.69, 9.17) is 0 Å². The van der Waals surface area contributed by atoms with Crippen molar-refractivity contribution in [2.75, 3.05) is 0 Å². The molecule has 0 unspecified atom stereocenters. The van der Waals surface area contributed by atoms with Crippen LogP contribution < -0.4 is 15.1 Å². The van der Waals surface area contributed by atoms with Crippen LogP contribution in [0.15, 0.2) is 323 Å². The molecule has 0 N–H and O–H groups in total. The van der Waals surface area contributed by atoms with Crippen LogP contribution in [0.1, 0.15) is 56.0 Å². The van der Waals surface area contributed by atoms with Crippen LogP contribution in [0.25, 0.3) is 118 Å². The second-order valence-corrected chi connectivity index (χ2v) is 27.2. The van der Waals surface area contributed by atoms with Crippen LogP contribution in [0.2, 0.25) is 0 Å². The predicted octanol–water partition coefficient (Wildman–Crippen LogP) is 22.6. The number of rotatable bonds is 12. The molecule has 6 aromatic heterocycles. The zero-order chi connectivity index (χ0) is 77.7. The van der Waals surface area contributed by atoms with E-state index in [1.165, 1.54) is 112 Å². The van der Waals surface area contributed by atoms with E-state index in [1.54, 1.807) is 31.0 Å². The van der Waals surface area contributed by atoms with Gasteiger partial charge in [0.05, 0.1) is 5.69 Å². The van der Waals surface area contributed by atoms with Gasteiger partial charge in [-0.25, -0.2) is 5.69 Å². The summed E-state index contributed by atoms with van der Waals surface area (Å²) in [5.74, 6) is 0.741. The number of nitrogens with zero attached hydrogens (tertiary/aromatic N) is 12. The number of aromatic nitrogens is 12. The zero-order valence-electron chi connectivity index (χ0n) is 65.4. The summed E-state index contributed by atoms with van der Waals surface area (Å²) in [6, 6.07) is 113. The Morgan fingerprint density at radius 1 is 0.339 bits per heavy atom. The van der Waals surface area contributed by atoms with Gasteiger partial charge in [-0.05, 0) is 131 Å². The van der Waals surface area contributed by atoms with E-state index in [9.17, 15) is 0 Å². The molecule has 12 aromatic carbocycles. The molecule has 0 atom stereocenters. The normalized spacial score (nSPS) is 10.3. The van der Waals surface area contributed by atoms with Crippen LogP contribution in [0.5, 0.6) is 0 Å². The molecular formula is C100H83N12Pt3-9. The average Bonchev–Trinajstić information content (AvgIpc) is 1.27. The van der Waals surface area contributed by atoms with E-state index in [-0.39, 0.29) is 63.2 Å². The van der Waals surface area contributed by atoms with Crippen molar-refractivity contribution in [3.63, 3.8) is 0 Å². The Balaban J connectivity index is 0.000000150. The van der Waals surface area contributed by atoms with E-state index in [1.807, 2.05) is 126 Å². The molecule has 0 bridgehead atoms. The molecule has 0 radical (unpaired) electrons. The van der Waals surface area contributed by atoms with Gasteiger partial charge in [0, 0.05) is 99.4 Å². The maximum atomic E-state index is 4.55. The summed E-state index contributed by atoms with van der Waals surface area (Å²) in [7, 11) is 0. The predicted molar refractivity (Wildman–Crippen MR) is 453 cm³/mol. The van der Waals surface area contributed by atoms with E-state index in [2.05, 4.69) is 324 Å². The first-order valence-corrected chi connectivity index (χ1v) is 37.0. The number of imidazole rings is 2. The first-order chi connectivity index (χ1) is 54.7. The van der Waals surface area contributed by atoms with Gasteiger partial charge in [-0.2, -0.15) is 81.0 Å². The zero-order valence-corrected chi connectivity index (χ0v) is 72.2. The molecule has 0 spiro atoms. The molecule has 6 heterocycles. The molecule has 115 heavy (non-hydrogen) atoms. The maximum absolute atomic E-state index is 4.55. The molecule has 15 heteroatoms. The first-order valence-electron chi connectivity index (χ1n) is 37.0. The summed E-state index contributed by atoms with van der Waals surface area (Å²) in [6.07, 6.45) is 14.0. The summed E-state index contributed by atoms with van der Waals surface area (Å²) in [4.78, 5) is 16.0. The van der Waals surface area contributed by atoms with Gasteiger partial charge in [0.25, 0.3) is 0 Å². The van der Waals surface area contributed by atoms with Gasteiger partial charge in [-0.1, -0.05) is 203 Å². The van der Waals surface area contributed by atoms with Gasteiger partial charge in [0.1, 0.15) is 0 Å². The summed E-state index contributed by atoms with van der Waals surface area (Å²) < 4.78 is 5.58. The first kappa shape index (κ1) is 85.4. The van der Waals surface area contributed by atoms with Gasteiger partial charge in [0.15, 0.2) is 0 Å². The quantitative estimate of drug-likeness (QED) is 0.110. The van der Waals surface area contributed by atoms with Crippen LogP contribution >= 0.6 is 0 Å². The van der Waals surface area contributed by atoms with E-state index in [0.717, 1.165) is 68.0 Å². The molecule has 0 saturated heterocycles. The fraction of sp³-hybridized carbons (Fsp3) is 0.100. The van der Waals surface area contributed by atoms with Crippen molar-refractivity contribution >= 4 is 0 Å². The van der Waals surface area contributed by atoms with Crippen molar-refractivity contribution in [2.24, 2.45) is 0 Å². The fourth-order valence-electron chi connectivity index (χ4n) is 13.5. The Morgan fingerprint density at radius 3 is 1.12 bits per heavy atom. The van der Waals surface area contributed by atoms with Gasteiger partial charge in [0.2, 0.25) is 0 Å². The van der Waals surface area contributed by atoms with Crippen LogP contribution in [0, 0.1) is 106 Å². The molecule has 12 nitrogen and oxygen atoms in total. The van der Waals surface area contributed by atoms with E-state index < -0.39 is 0 Å². The van der Waals surface area contributed by atoms with Crippen molar-refractivity contribution in [1.29, 1.82) is 0 Å². The van der Waals surface area contributed by atoms with E-state index in [0.29, 0.717) is 0 Å². The van der Waals surface area contributed by atoms with Crippen molar-refractivity contribution in [1.82, 2.24) is 59.5 Å². The van der Waals surface area contributed by atoms with Crippen molar-refractivity contribution in [3.8, 4) is 118 Å². The molecule has 0 aliphatic carbocycles. The minimum Gasteiger partial charge on any atom is -0.619 e. The molecule has 18 rings (SSSR count). The number of aryl methyl sites for hydroxylation is 10. The number of hydrogen-bond acceptors (Lipinski definition) is 6. The van der Waals surface area contributed by atoms with Gasteiger partial charge >= 0.3 is 0 Å². The second-order valence-electron chi connectivity index (χ2n) is 27.2. The molecule has 0 aliphatic heterocycles. The summed E-state index contributed by atoms with van der Waals surface area (Å²) in [5, 5.41) is 21.0. The maximum Gasteiger partial charge on any atom is 0.0600 e. The van der Waals surface area contributed by atoms with Crippen molar-refractivity contribution < 1.29 is 63.2 Å². The van der Waals surface area contributed by atoms with Crippen LogP contribution in [-0.4, -0.2) is 44.4 Å². The Morgan fingerprint density at radius 2 is 0.783 bits per heavy atom. The Labute approximate surface area is 718 Å². The Kier molecular flexibility index (Phi) is 30.9. The van der Waals surface area contributed by atoms with Crippen molar-refractivity contribution in [3.05, 3.63) is 415 Å². The molecule has 582 valence electrons. The smallest absolute Gasteiger partial charge is 0.0600 e. The third-order valence-electron chi connectivity index (χ3n) is 18.7. The van der Waals surface area contributed by atoms with Gasteiger partial charge < -0.3 is 30.1 Å². The van der Waals surface area contributed by atoms with Gasteiger partial charge in [-0.3, -0.25) is 14.0 Å². The number of hydrogen-bond donors (Lipinski definition) is 0. The summed E-state index contributed by atoms with van der Waals surface area (Å²) >= 11 is 0. The van der Waals surface area contributed by atoms with Gasteiger partial charge in [-0.15, -0.1) is 155 Å². The largest absolute Gasteiger partial charge is 0.619 e.